The summed E-state index contributed by atoms with van der Waals surface area (Å²) in [6, 6.07) is 16.8. The predicted octanol–water partition coefficient (Wildman–Crippen LogP) is 4.05. The minimum atomic E-state index is -0.101. The first-order valence-electron chi connectivity index (χ1n) is 10.9. The van der Waals surface area contributed by atoms with Gasteiger partial charge < -0.3 is 33.3 Å². The number of hydrogen-bond donors (Lipinski definition) is 0. The summed E-state index contributed by atoms with van der Waals surface area (Å²) in [5.41, 5.74) is 2.52. The van der Waals surface area contributed by atoms with Gasteiger partial charge in [-0.05, 0) is 60.0 Å². The van der Waals surface area contributed by atoms with Gasteiger partial charge in [-0.3, -0.25) is 4.79 Å². The van der Waals surface area contributed by atoms with E-state index in [1.54, 1.807) is 32.4 Å². The smallest absolute Gasteiger partial charge is 0.254 e. The fourth-order valence-corrected chi connectivity index (χ4v) is 4.02. The molecule has 0 atom stereocenters. The molecule has 34 heavy (non-hydrogen) atoms. The molecule has 1 amide bonds. The van der Waals surface area contributed by atoms with Gasteiger partial charge in [0.1, 0.15) is 0 Å². The van der Waals surface area contributed by atoms with Crippen molar-refractivity contribution < 1.29 is 33.2 Å². The standard InChI is InChI=1S/C26H25NO7/c1-29-20-6-3-17(11-23(20)30-2)9-10-27(14-18-4-7-21-24(12-18)33-15-31-21)26(28)19-5-8-22-25(13-19)34-16-32-22/h3-8,11-13H,9-10,14-16H2,1-2H3. The summed E-state index contributed by atoms with van der Waals surface area (Å²) >= 11 is 0. The van der Waals surface area contributed by atoms with Gasteiger partial charge in [-0.15, -0.1) is 0 Å². The largest absolute Gasteiger partial charge is 0.493 e. The lowest BCUT2D eigenvalue weighted by Crippen LogP contribution is -2.32. The Morgan fingerprint density at radius 1 is 0.765 bits per heavy atom. The van der Waals surface area contributed by atoms with Gasteiger partial charge in [0.15, 0.2) is 34.5 Å². The average Bonchev–Trinajstić information content (AvgIpc) is 3.54. The van der Waals surface area contributed by atoms with Crippen LogP contribution in [0.1, 0.15) is 21.5 Å². The maximum atomic E-state index is 13.6. The summed E-state index contributed by atoms with van der Waals surface area (Å²) < 4.78 is 32.5. The molecule has 8 nitrogen and oxygen atoms in total. The van der Waals surface area contributed by atoms with Crippen LogP contribution in [0.25, 0.3) is 0 Å². The summed E-state index contributed by atoms with van der Waals surface area (Å²) in [7, 11) is 3.21. The molecule has 0 bridgehead atoms. The van der Waals surface area contributed by atoms with Gasteiger partial charge >= 0.3 is 0 Å². The number of fused-ring (bicyclic) bond motifs is 2. The second-order valence-electron chi connectivity index (χ2n) is 7.92. The lowest BCUT2D eigenvalue weighted by atomic mass is 10.1. The van der Waals surface area contributed by atoms with Crippen LogP contribution in [0.4, 0.5) is 0 Å². The molecule has 0 fully saturated rings. The van der Waals surface area contributed by atoms with Crippen molar-refractivity contribution >= 4 is 5.91 Å². The zero-order valence-corrected chi connectivity index (χ0v) is 19.0. The van der Waals surface area contributed by atoms with Crippen molar-refractivity contribution in [1.29, 1.82) is 0 Å². The Balaban J connectivity index is 1.39. The van der Waals surface area contributed by atoms with Gasteiger partial charge in [0.2, 0.25) is 13.6 Å². The van der Waals surface area contributed by atoms with Gasteiger partial charge in [0, 0.05) is 18.7 Å². The highest BCUT2D eigenvalue weighted by atomic mass is 16.7. The lowest BCUT2D eigenvalue weighted by molar-refractivity contribution is 0.0744. The quantitative estimate of drug-likeness (QED) is 0.499. The van der Waals surface area contributed by atoms with Gasteiger partial charge in [-0.2, -0.15) is 0 Å². The van der Waals surface area contributed by atoms with Crippen LogP contribution in [-0.2, 0) is 13.0 Å². The molecule has 2 aliphatic rings. The predicted molar refractivity (Wildman–Crippen MR) is 123 cm³/mol. The molecule has 2 heterocycles. The molecule has 5 rings (SSSR count). The van der Waals surface area contributed by atoms with Crippen molar-refractivity contribution in [2.75, 3.05) is 34.4 Å². The number of ether oxygens (including phenoxy) is 6. The Morgan fingerprint density at radius 3 is 2.15 bits per heavy atom. The highest BCUT2D eigenvalue weighted by Gasteiger charge is 2.22. The molecule has 2 aliphatic heterocycles. The molecule has 0 saturated heterocycles. The summed E-state index contributed by atoms with van der Waals surface area (Å²) in [6.45, 7) is 1.28. The van der Waals surface area contributed by atoms with Crippen LogP contribution >= 0.6 is 0 Å². The molecule has 0 unspecified atom stereocenters. The number of carbonyl (C=O) groups excluding carboxylic acids is 1. The molecular formula is C26H25NO7. The second kappa shape index (κ2) is 9.43. The zero-order chi connectivity index (χ0) is 23.5. The first kappa shape index (κ1) is 21.8. The van der Waals surface area contributed by atoms with Crippen molar-refractivity contribution in [1.82, 2.24) is 4.90 Å². The normalized spacial score (nSPS) is 13.0. The van der Waals surface area contributed by atoms with E-state index >= 15 is 0 Å². The highest BCUT2D eigenvalue weighted by molar-refractivity contribution is 5.95. The molecule has 8 heteroatoms. The third kappa shape index (κ3) is 4.39. The maximum absolute atomic E-state index is 13.6. The fourth-order valence-electron chi connectivity index (χ4n) is 4.02. The van der Waals surface area contributed by atoms with Crippen molar-refractivity contribution in [2.45, 2.75) is 13.0 Å². The molecule has 0 N–H and O–H groups in total. The number of nitrogens with zero attached hydrogens (tertiary/aromatic N) is 1. The Bertz CT molecular complexity index is 1210. The first-order chi connectivity index (χ1) is 16.6. The topological polar surface area (TPSA) is 75.7 Å². The van der Waals surface area contributed by atoms with Crippen LogP contribution in [0.15, 0.2) is 54.6 Å². The number of methoxy groups -OCH3 is 2. The molecule has 3 aromatic rings. The Morgan fingerprint density at radius 2 is 1.41 bits per heavy atom. The van der Waals surface area contributed by atoms with Gasteiger partial charge in [-0.1, -0.05) is 12.1 Å². The van der Waals surface area contributed by atoms with Crippen molar-refractivity contribution in [3.05, 3.63) is 71.3 Å². The molecule has 0 spiro atoms. The van der Waals surface area contributed by atoms with Crippen LogP contribution in [-0.4, -0.2) is 45.2 Å². The van der Waals surface area contributed by atoms with E-state index in [1.165, 1.54) is 0 Å². The summed E-state index contributed by atoms with van der Waals surface area (Å²) in [5.74, 6) is 3.84. The third-order valence-electron chi connectivity index (χ3n) is 5.84. The van der Waals surface area contributed by atoms with E-state index in [1.807, 2.05) is 41.3 Å². The number of benzene rings is 3. The van der Waals surface area contributed by atoms with Crippen LogP contribution < -0.4 is 28.4 Å². The monoisotopic (exact) mass is 463 g/mol. The Labute approximate surface area is 197 Å². The van der Waals surface area contributed by atoms with E-state index in [9.17, 15) is 4.79 Å². The van der Waals surface area contributed by atoms with E-state index in [0.29, 0.717) is 59.6 Å². The third-order valence-corrected chi connectivity index (χ3v) is 5.84. The molecule has 0 saturated carbocycles. The van der Waals surface area contributed by atoms with Crippen LogP contribution in [0.3, 0.4) is 0 Å². The molecule has 0 radical (unpaired) electrons. The van der Waals surface area contributed by atoms with E-state index in [0.717, 1.165) is 11.1 Å². The number of amides is 1. The van der Waals surface area contributed by atoms with Crippen molar-refractivity contribution in [3.8, 4) is 34.5 Å². The van der Waals surface area contributed by atoms with Gasteiger partial charge in [-0.25, -0.2) is 0 Å². The summed E-state index contributed by atoms with van der Waals surface area (Å²) in [5, 5.41) is 0. The Hall–Kier alpha value is -4.07. The number of hydrogen-bond acceptors (Lipinski definition) is 7. The summed E-state index contributed by atoms with van der Waals surface area (Å²) in [4.78, 5) is 15.4. The van der Waals surface area contributed by atoms with Crippen molar-refractivity contribution in [2.24, 2.45) is 0 Å². The number of rotatable bonds is 8. The van der Waals surface area contributed by atoms with Crippen LogP contribution in [0.5, 0.6) is 34.5 Å². The second-order valence-corrected chi connectivity index (χ2v) is 7.92. The van der Waals surface area contributed by atoms with E-state index in [-0.39, 0.29) is 19.5 Å². The SMILES string of the molecule is COc1ccc(CCN(Cc2ccc3c(c2)OCO3)C(=O)c2ccc3c(c2)OCO3)cc1OC. The molecule has 0 aliphatic carbocycles. The molecule has 3 aromatic carbocycles. The minimum absolute atomic E-state index is 0.101. The van der Waals surface area contributed by atoms with Crippen LogP contribution in [0.2, 0.25) is 0 Å². The van der Waals surface area contributed by atoms with Gasteiger partial charge in [0.25, 0.3) is 5.91 Å². The van der Waals surface area contributed by atoms with Crippen molar-refractivity contribution in [3.63, 3.8) is 0 Å². The fraction of sp³-hybridized carbons (Fsp3) is 0.269. The molecular weight excluding hydrogens is 438 g/mol. The van der Waals surface area contributed by atoms with Gasteiger partial charge in [0.05, 0.1) is 14.2 Å². The van der Waals surface area contributed by atoms with Crippen LogP contribution in [0, 0.1) is 0 Å². The summed E-state index contributed by atoms with van der Waals surface area (Å²) in [6.07, 6.45) is 0.640. The van der Waals surface area contributed by atoms with E-state index in [4.69, 9.17) is 28.4 Å². The minimum Gasteiger partial charge on any atom is -0.493 e. The molecule has 0 aromatic heterocycles. The first-order valence-corrected chi connectivity index (χ1v) is 10.9. The zero-order valence-electron chi connectivity index (χ0n) is 19.0. The average molecular weight is 463 g/mol. The highest BCUT2D eigenvalue weighted by Crippen LogP contribution is 2.35. The maximum Gasteiger partial charge on any atom is 0.254 e. The molecule has 176 valence electrons. The van der Waals surface area contributed by atoms with E-state index < -0.39 is 0 Å². The lowest BCUT2D eigenvalue weighted by Gasteiger charge is -2.24. The Kier molecular flexibility index (Phi) is 6.03. The number of carbonyl (C=O) groups is 1. The van der Waals surface area contributed by atoms with E-state index in [2.05, 4.69) is 0 Å².